The van der Waals surface area contributed by atoms with E-state index in [1.165, 1.54) is 12.5 Å². The maximum atomic E-state index is 12.6. The number of hydrogen-bond donors (Lipinski definition) is 3. The second-order valence-electron chi connectivity index (χ2n) is 6.39. The molecular formula is C20H20N2O4. The van der Waals surface area contributed by atoms with Crippen LogP contribution < -0.4 is 10.6 Å². The normalized spacial score (nSPS) is 16.4. The molecule has 6 heteroatoms. The molecule has 134 valence electrons. The summed E-state index contributed by atoms with van der Waals surface area (Å²) in [6, 6.07) is 13.4. The summed E-state index contributed by atoms with van der Waals surface area (Å²) < 4.78 is 0. The maximum absolute atomic E-state index is 12.6. The van der Waals surface area contributed by atoms with Gasteiger partial charge in [-0.2, -0.15) is 0 Å². The molecule has 0 bridgehead atoms. The van der Waals surface area contributed by atoms with Crippen LogP contribution in [0, 0.1) is 0 Å². The summed E-state index contributed by atoms with van der Waals surface area (Å²) in [6.45, 7) is 1.40. The van der Waals surface area contributed by atoms with Crippen molar-refractivity contribution in [1.82, 2.24) is 5.32 Å². The minimum atomic E-state index is -1.10. The number of hydrogen-bond acceptors (Lipinski definition) is 3. The van der Waals surface area contributed by atoms with Gasteiger partial charge in [0.15, 0.2) is 0 Å². The van der Waals surface area contributed by atoms with E-state index < -0.39 is 17.9 Å². The maximum Gasteiger partial charge on any atom is 0.325 e. The first-order valence-corrected chi connectivity index (χ1v) is 8.48. The fourth-order valence-corrected chi connectivity index (χ4v) is 3.11. The second-order valence-corrected chi connectivity index (χ2v) is 6.39. The van der Waals surface area contributed by atoms with Crippen molar-refractivity contribution in [2.24, 2.45) is 0 Å². The van der Waals surface area contributed by atoms with Crippen LogP contribution >= 0.6 is 0 Å². The van der Waals surface area contributed by atoms with Crippen LogP contribution in [0.25, 0.3) is 0 Å². The monoisotopic (exact) mass is 352 g/mol. The Morgan fingerprint density at radius 2 is 1.77 bits per heavy atom. The van der Waals surface area contributed by atoms with Crippen LogP contribution in [0.3, 0.4) is 0 Å². The zero-order chi connectivity index (χ0) is 18.7. The molecule has 0 saturated carbocycles. The van der Waals surface area contributed by atoms with E-state index in [-0.39, 0.29) is 11.8 Å². The molecule has 0 spiro atoms. The lowest BCUT2D eigenvalue weighted by molar-refractivity contribution is -0.138. The van der Waals surface area contributed by atoms with Crippen LogP contribution in [0.4, 0.5) is 5.69 Å². The predicted octanol–water partition coefficient (Wildman–Crippen LogP) is 2.56. The van der Waals surface area contributed by atoms with E-state index in [4.69, 9.17) is 5.11 Å². The molecule has 0 radical (unpaired) electrons. The average Bonchev–Trinajstić information content (AvgIpc) is 3.06. The van der Waals surface area contributed by atoms with Gasteiger partial charge in [-0.3, -0.25) is 14.4 Å². The first-order valence-electron chi connectivity index (χ1n) is 8.48. The van der Waals surface area contributed by atoms with E-state index >= 15 is 0 Å². The number of rotatable bonds is 5. The Kier molecular flexibility index (Phi) is 5.02. The summed E-state index contributed by atoms with van der Waals surface area (Å²) >= 11 is 0. The molecule has 0 saturated heterocycles. The van der Waals surface area contributed by atoms with Crippen molar-refractivity contribution in [1.29, 1.82) is 0 Å². The van der Waals surface area contributed by atoms with Crippen molar-refractivity contribution in [2.75, 3.05) is 5.32 Å². The summed E-state index contributed by atoms with van der Waals surface area (Å²) in [7, 11) is 0. The van der Waals surface area contributed by atoms with Gasteiger partial charge in [0, 0.05) is 11.3 Å². The second kappa shape index (κ2) is 7.39. The van der Waals surface area contributed by atoms with Crippen LogP contribution in [-0.4, -0.2) is 28.9 Å². The number of aryl methyl sites for hydroxylation is 1. The summed E-state index contributed by atoms with van der Waals surface area (Å²) in [4.78, 5) is 35.3. The van der Waals surface area contributed by atoms with Crippen LogP contribution in [0.5, 0.6) is 0 Å². The van der Waals surface area contributed by atoms with Crippen molar-refractivity contribution in [3.8, 4) is 0 Å². The number of fused-ring (bicyclic) bond motifs is 1. The average molecular weight is 352 g/mol. The van der Waals surface area contributed by atoms with E-state index in [1.807, 2.05) is 24.3 Å². The van der Waals surface area contributed by atoms with Gasteiger partial charge in [-0.15, -0.1) is 0 Å². The van der Waals surface area contributed by atoms with Gasteiger partial charge in [-0.25, -0.2) is 0 Å². The van der Waals surface area contributed by atoms with Gasteiger partial charge in [0.2, 0.25) is 5.91 Å². The van der Waals surface area contributed by atoms with Gasteiger partial charge in [0.25, 0.3) is 5.91 Å². The molecule has 6 nitrogen and oxygen atoms in total. The van der Waals surface area contributed by atoms with E-state index in [1.54, 1.807) is 24.3 Å². The highest BCUT2D eigenvalue weighted by Crippen LogP contribution is 2.33. The van der Waals surface area contributed by atoms with Crippen LogP contribution in [-0.2, 0) is 16.0 Å². The highest BCUT2D eigenvalue weighted by atomic mass is 16.4. The van der Waals surface area contributed by atoms with Crippen molar-refractivity contribution < 1.29 is 19.5 Å². The minimum absolute atomic E-state index is 0.0633. The van der Waals surface area contributed by atoms with Crippen molar-refractivity contribution >= 4 is 23.5 Å². The molecule has 3 N–H and O–H groups in total. The third-order valence-corrected chi connectivity index (χ3v) is 4.58. The first-order chi connectivity index (χ1) is 12.5. The Morgan fingerprint density at radius 3 is 2.46 bits per heavy atom. The SMILES string of the molecule is CC(NC(=O)c1ccc(NC(=O)C2CCc3ccccc32)cc1)C(=O)O. The minimum Gasteiger partial charge on any atom is -0.480 e. The van der Waals surface area contributed by atoms with Gasteiger partial charge in [-0.1, -0.05) is 24.3 Å². The van der Waals surface area contributed by atoms with Gasteiger partial charge in [0.05, 0.1) is 5.92 Å². The molecule has 2 aromatic carbocycles. The van der Waals surface area contributed by atoms with Gasteiger partial charge >= 0.3 is 5.97 Å². The Hall–Kier alpha value is -3.15. The molecule has 0 aliphatic heterocycles. The summed E-state index contributed by atoms with van der Waals surface area (Å²) in [5.41, 5.74) is 3.22. The van der Waals surface area contributed by atoms with Gasteiger partial charge < -0.3 is 15.7 Å². The topological polar surface area (TPSA) is 95.5 Å². The Labute approximate surface area is 151 Å². The largest absolute Gasteiger partial charge is 0.480 e. The number of carbonyl (C=O) groups excluding carboxylic acids is 2. The fourth-order valence-electron chi connectivity index (χ4n) is 3.11. The third-order valence-electron chi connectivity index (χ3n) is 4.58. The number of benzene rings is 2. The zero-order valence-electron chi connectivity index (χ0n) is 14.4. The van der Waals surface area contributed by atoms with Gasteiger partial charge in [0.1, 0.15) is 6.04 Å². The van der Waals surface area contributed by atoms with Crippen LogP contribution in [0.15, 0.2) is 48.5 Å². The predicted molar refractivity (Wildman–Crippen MR) is 97.1 cm³/mol. The highest BCUT2D eigenvalue weighted by molar-refractivity contribution is 5.99. The molecule has 1 aliphatic carbocycles. The van der Waals surface area contributed by atoms with Crippen molar-refractivity contribution in [3.63, 3.8) is 0 Å². The van der Waals surface area contributed by atoms with Crippen LogP contribution in [0.1, 0.15) is 40.7 Å². The molecule has 1 aliphatic rings. The van der Waals surface area contributed by atoms with Gasteiger partial charge in [-0.05, 0) is 55.2 Å². The van der Waals surface area contributed by atoms with Crippen LogP contribution in [0.2, 0.25) is 0 Å². The van der Waals surface area contributed by atoms with E-state index in [2.05, 4.69) is 10.6 Å². The lowest BCUT2D eigenvalue weighted by Crippen LogP contribution is -2.38. The lowest BCUT2D eigenvalue weighted by Gasteiger charge is -2.13. The summed E-state index contributed by atoms with van der Waals surface area (Å²) in [5, 5.41) is 14.1. The molecule has 0 fully saturated rings. The number of carboxylic acid groups (broad SMARTS) is 1. The molecule has 0 heterocycles. The smallest absolute Gasteiger partial charge is 0.325 e. The van der Waals surface area contributed by atoms with Crippen molar-refractivity contribution in [2.45, 2.75) is 31.7 Å². The number of amides is 2. The Balaban J connectivity index is 1.64. The molecule has 2 amide bonds. The molecule has 26 heavy (non-hydrogen) atoms. The standard InChI is InChI=1S/C20H20N2O4/c1-12(20(25)26)21-18(23)14-6-9-15(10-7-14)22-19(24)17-11-8-13-4-2-3-5-16(13)17/h2-7,9-10,12,17H,8,11H2,1H3,(H,21,23)(H,22,24)(H,25,26). The number of nitrogens with one attached hydrogen (secondary N) is 2. The number of anilines is 1. The Morgan fingerprint density at radius 1 is 1.08 bits per heavy atom. The van der Waals surface area contributed by atoms with E-state index in [0.717, 1.165) is 18.4 Å². The zero-order valence-corrected chi connectivity index (χ0v) is 14.4. The molecule has 2 aromatic rings. The summed E-state index contributed by atoms with van der Waals surface area (Å²) in [5.74, 6) is -1.79. The number of carboxylic acids is 1. The molecule has 2 unspecified atom stereocenters. The number of aliphatic carboxylic acids is 1. The van der Waals surface area contributed by atoms with E-state index in [9.17, 15) is 14.4 Å². The highest BCUT2D eigenvalue weighted by Gasteiger charge is 2.28. The molecule has 3 rings (SSSR count). The molecule has 2 atom stereocenters. The first kappa shape index (κ1) is 17.7. The molecular weight excluding hydrogens is 332 g/mol. The quantitative estimate of drug-likeness (QED) is 0.771. The number of carbonyl (C=O) groups is 3. The summed E-state index contributed by atoms with van der Waals surface area (Å²) in [6.07, 6.45) is 1.69. The van der Waals surface area contributed by atoms with Crippen molar-refractivity contribution in [3.05, 3.63) is 65.2 Å². The lowest BCUT2D eigenvalue weighted by atomic mass is 10.0. The third kappa shape index (κ3) is 3.74. The molecule has 0 aromatic heterocycles. The van der Waals surface area contributed by atoms with E-state index in [0.29, 0.717) is 11.3 Å². The Bertz CT molecular complexity index is 845. The fraction of sp³-hybridized carbons (Fsp3) is 0.250.